The van der Waals surface area contributed by atoms with Crippen molar-refractivity contribution in [2.24, 2.45) is 13.0 Å². The summed E-state index contributed by atoms with van der Waals surface area (Å²) in [5.74, 6) is 0.303. The molecule has 1 saturated heterocycles. The Labute approximate surface area is 124 Å². The minimum atomic E-state index is -0.254. The van der Waals surface area contributed by atoms with Crippen LogP contribution >= 0.6 is 0 Å². The number of likely N-dealkylation sites (tertiary alicyclic amines) is 1. The molecule has 1 aliphatic heterocycles. The number of aromatic nitrogens is 2. The van der Waals surface area contributed by atoms with Crippen LogP contribution in [0.1, 0.15) is 38.5 Å². The lowest BCUT2D eigenvalue weighted by molar-refractivity contribution is -0.130. The van der Waals surface area contributed by atoms with E-state index in [2.05, 4.69) is 10.3 Å². The highest BCUT2D eigenvalue weighted by atomic mass is 16.2. The number of rotatable bonds is 3. The molecule has 6 nitrogen and oxygen atoms in total. The Hall–Kier alpha value is -1.85. The van der Waals surface area contributed by atoms with Gasteiger partial charge in [0.25, 0.3) is 0 Å². The molecule has 1 atom stereocenters. The highest BCUT2D eigenvalue weighted by Crippen LogP contribution is 2.29. The maximum absolute atomic E-state index is 12.3. The fourth-order valence-electron chi connectivity index (χ4n) is 3.35. The normalized spacial score (nSPS) is 23.6. The zero-order chi connectivity index (χ0) is 14.8. The predicted octanol–water partition coefficient (Wildman–Crippen LogP) is 1.54. The summed E-state index contributed by atoms with van der Waals surface area (Å²) >= 11 is 0. The first-order chi connectivity index (χ1) is 10.1. The zero-order valence-electron chi connectivity index (χ0n) is 12.4. The van der Waals surface area contributed by atoms with E-state index < -0.39 is 0 Å². The van der Waals surface area contributed by atoms with Crippen molar-refractivity contribution in [2.45, 2.75) is 44.6 Å². The Morgan fingerprint density at radius 3 is 2.76 bits per heavy atom. The molecule has 0 spiro atoms. The van der Waals surface area contributed by atoms with Crippen molar-refractivity contribution in [3.05, 3.63) is 12.4 Å². The van der Waals surface area contributed by atoms with E-state index in [-0.39, 0.29) is 17.7 Å². The number of carbonyl (C=O) groups is 2. The van der Waals surface area contributed by atoms with Gasteiger partial charge in [-0.25, -0.2) is 4.98 Å². The fraction of sp³-hybridized carbons (Fsp3) is 0.667. The first-order valence-corrected chi connectivity index (χ1v) is 7.73. The van der Waals surface area contributed by atoms with Crippen LogP contribution in [-0.2, 0) is 16.6 Å². The number of amides is 2. The number of hydrogen-bond donors (Lipinski definition) is 1. The first-order valence-electron chi connectivity index (χ1n) is 7.73. The minimum absolute atomic E-state index is 0.101. The van der Waals surface area contributed by atoms with E-state index in [4.69, 9.17) is 0 Å². The SMILES string of the molecule is Cn1ccnc1NC(=O)C1CC(=O)N(C2CCCCC2)C1. The van der Waals surface area contributed by atoms with Crippen molar-refractivity contribution in [3.63, 3.8) is 0 Å². The van der Waals surface area contributed by atoms with Gasteiger partial charge in [0, 0.05) is 38.4 Å². The van der Waals surface area contributed by atoms with Gasteiger partial charge < -0.3 is 9.47 Å². The molecular formula is C15H22N4O2. The summed E-state index contributed by atoms with van der Waals surface area (Å²) in [6.45, 7) is 0.555. The van der Waals surface area contributed by atoms with Gasteiger partial charge in [0.1, 0.15) is 0 Å². The Morgan fingerprint density at radius 1 is 1.33 bits per heavy atom. The van der Waals surface area contributed by atoms with Crippen LogP contribution in [0.2, 0.25) is 0 Å². The average molecular weight is 290 g/mol. The van der Waals surface area contributed by atoms with Gasteiger partial charge in [0.05, 0.1) is 5.92 Å². The van der Waals surface area contributed by atoms with Crippen LogP contribution in [0.3, 0.4) is 0 Å². The Bertz CT molecular complexity index is 534. The van der Waals surface area contributed by atoms with Gasteiger partial charge >= 0.3 is 0 Å². The summed E-state index contributed by atoms with van der Waals surface area (Å²) in [4.78, 5) is 30.5. The van der Waals surface area contributed by atoms with Crippen LogP contribution in [0, 0.1) is 5.92 Å². The van der Waals surface area contributed by atoms with Gasteiger partial charge in [0.15, 0.2) is 0 Å². The van der Waals surface area contributed by atoms with E-state index >= 15 is 0 Å². The fourth-order valence-corrected chi connectivity index (χ4v) is 3.35. The number of aryl methyl sites for hydroxylation is 1. The van der Waals surface area contributed by atoms with Gasteiger partial charge in [-0.2, -0.15) is 0 Å². The molecule has 1 aromatic rings. The van der Waals surface area contributed by atoms with Gasteiger partial charge in [-0.15, -0.1) is 0 Å². The number of carbonyl (C=O) groups excluding carboxylic acids is 2. The summed E-state index contributed by atoms with van der Waals surface area (Å²) in [5.41, 5.74) is 0. The molecule has 2 amide bonds. The van der Waals surface area contributed by atoms with Crippen molar-refractivity contribution in [1.29, 1.82) is 0 Å². The lowest BCUT2D eigenvalue weighted by Gasteiger charge is -2.31. The predicted molar refractivity (Wildman–Crippen MR) is 78.5 cm³/mol. The van der Waals surface area contributed by atoms with Crippen molar-refractivity contribution in [3.8, 4) is 0 Å². The second kappa shape index (κ2) is 5.87. The minimum Gasteiger partial charge on any atom is -0.339 e. The molecule has 1 saturated carbocycles. The summed E-state index contributed by atoms with van der Waals surface area (Å²) < 4.78 is 1.76. The topological polar surface area (TPSA) is 67.2 Å². The standard InChI is InChI=1S/C15H22N4O2/c1-18-8-7-16-15(18)17-14(21)11-9-13(20)19(10-11)12-5-3-2-4-6-12/h7-8,11-12H,2-6,9-10H2,1H3,(H,16,17,21). The first kappa shape index (κ1) is 14.1. The van der Waals surface area contributed by atoms with E-state index in [0.717, 1.165) is 12.8 Å². The maximum atomic E-state index is 12.3. The Morgan fingerprint density at radius 2 is 2.10 bits per heavy atom. The number of nitrogens with one attached hydrogen (secondary N) is 1. The quantitative estimate of drug-likeness (QED) is 0.918. The smallest absolute Gasteiger partial charge is 0.232 e. The van der Waals surface area contributed by atoms with Gasteiger partial charge in [-0.1, -0.05) is 19.3 Å². The summed E-state index contributed by atoms with van der Waals surface area (Å²) in [5, 5.41) is 2.81. The molecule has 114 valence electrons. The number of nitrogens with zero attached hydrogens (tertiary/aromatic N) is 3. The molecule has 0 bridgehead atoms. The van der Waals surface area contributed by atoms with E-state index in [1.54, 1.807) is 17.0 Å². The van der Waals surface area contributed by atoms with Crippen LogP contribution < -0.4 is 5.32 Å². The van der Waals surface area contributed by atoms with Crippen molar-refractivity contribution >= 4 is 17.8 Å². The lowest BCUT2D eigenvalue weighted by atomic mass is 9.94. The van der Waals surface area contributed by atoms with Crippen LogP contribution in [0.4, 0.5) is 5.95 Å². The van der Waals surface area contributed by atoms with Crippen LogP contribution in [0.5, 0.6) is 0 Å². The van der Waals surface area contributed by atoms with E-state index in [1.807, 2.05) is 11.9 Å². The maximum Gasteiger partial charge on any atom is 0.232 e. The second-order valence-electron chi connectivity index (χ2n) is 6.09. The van der Waals surface area contributed by atoms with Crippen LogP contribution in [0.25, 0.3) is 0 Å². The molecule has 0 radical (unpaired) electrons. The molecule has 6 heteroatoms. The second-order valence-corrected chi connectivity index (χ2v) is 6.09. The molecule has 1 unspecified atom stereocenters. The highest BCUT2D eigenvalue weighted by molar-refractivity contribution is 5.96. The molecule has 0 aromatic carbocycles. The number of hydrogen-bond acceptors (Lipinski definition) is 3. The largest absolute Gasteiger partial charge is 0.339 e. The van der Waals surface area contributed by atoms with Crippen molar-refractivity contribution < 1.29 is 9.59 Å². The Kier molecular flexibility index (Phi) is 3.94. The molecule has 1 N–H and O–H groups in total. The third-order valence-corrected chi connectivity index (χ3v) is 4.60. The van der Waals surface area contributed by atoms with Crippen LogP contribution in [-0.4, -0.2) is 38.9 Å². The third-order valence-electron chi connectivity index (χ3n) is 4.60. The summed E-state index contributed by atoms with van der Waals surface area (Å²) in [6.07, 6.45) is 9.57. The van der Waals surface area contributed by atoms with Crippen LogP contribution in [0.15, 0.2) is 12.4 Å². The zero-order valence-corrected chi connectivity index (χ0v) is 12.4. The van der Waals surface area contributed by atoms with Crippen molar-refractivity contribution in [1.82, 2.24) is 14.5 Å². The molecule has 2 fully saturated rings. The van der Waals surface area contributed by atoms with Gasteiger partial charge in [0.2, 0.25) is 17.8 Å². The molecule has 21 heavy (non-hydrogen) atoms. The number of imidazole rings is 1. The molecule has 3 rings (SSSR count). The monoisotopic (exact) mass is 290 g/mol. The number of anilines is 1. The Balaban J connectivity index is 1.61. The van der Waals surface area contributed by atoms with Gasteiger partial charge in [-0.05, 0) is 12.8 Å². The van der Waals surface area contributed by atoms with E-state index in [9.17, 15) is 9.59 Å². The van der Waals surface area contributed by atoms with Gasteiger partial charge in [-0.3, -0.25) is 14.9 Å². The molecule has 2 heterocycles. The average Bonchev–Trinajstić information content (AvgIpc) is 3.07. The highest BCUT2D eigenvalue weighted by Gasteiger charge is 2.38. The molecule has 2 aliphatic rings. The summed E-state index contributed by atoms with van der Waals surface area (Å²) in [6, 6.07) is 0.345. The lowest BCUT2D eigenvalue weighted by Crippen LogP contribution is -2.38. The van der Waals surface area contributed by atoms with E-state index in [1.165, 1.54) is 19.3 Å². The summed E-state index contributed by atoms with van der Waals surface area (Å²) in [7, 11) is 1.83. The molecule has 1 aromatic heterocycles. The molecular weight excluding hydrogens is 268 g/mol. The third kappa shape index (κ3) is 2.94. The van der Waals surface area contributed by atoms with E-state index in [0.29, 0.717) is 25.0 Å². The molecule has 1 aliphatic carbocycles. The van der Waals surface area contributed by atoms with Crippen molar-refractivity contribution in [2.75, 3.05) is 11.9 Å².